The van der Waals surface area contributed by atoms with E-state index >= 15 is 0 Å². The zero-order chi connectivity index (χ0) is 25.5. The molecule has 0 saturated heterocycles. The second-order valence-corrected chi connectivity index (χ2v) is 8.00. The minimum atomic E-state index is -1.16. The summed E-state index contributed by atoms with van der Waals surface area (Å²) in [5.74, 6) is -2.84. The third kappa shape index (κ3) is 11.3. The van der Waals surface area contributed by atoms with Gasteiger partial charge in [-0.15, -0.1) is 0 Å². The van der Waals surface area contributed by atoms with E-state index in [0.29, 0.717) is 43.5 Å². The average molecular weight is 478 g/mol. The molecule has 8 N–H and O–H groups in total. The zero-order valence-corrected chi connectivity index (χ0v) is 19.5. The van der Waals surface area contributed by atoms with Crippen LogP contribution in [0.25, 0.3) is 0 Å². The second-order valence-electron chi connectivity index (χ2n) is 8.00. The van der Waals surface area contributed by atoms with E-state index in [1.165, 1.54) is 0 Å². The molecule has 0 fully saturated rings. The number of aliphatic carboxylic acids is 1. The Morgan fingerprint density at radius 2 is 1.47 bits per heavy atom. The molecule has 0 heterocycles. The van der Waals surface area contributed by atoms with Gasteiger partial charge in [0.1, 0.15) is 12.1 Å². The Bertz CT molecular complexity index is 843. The van der Waals surface area contributed by atoms with Crippen molar-refractivity contribution in [3.8, 4) is 0 Å². The molecular formula is C23H35N5O6. The average Bonchev–Trinajstić information content (AvgIpc) is 2.77. The number of carbonyl (C=O) groups excluding carboxylic acids is 4. The van der Waals surface area contributed by atoms with Crippen LogP contribution in [0.4, 0.5) is 5.69 Å². The summed E-state index contributed by atoms with van der Waals surface area (Å²) in [4.78, 5) is 58.8. The molecule has 0 aliphatic heterocycles. The number of carboxylic acids is 1. The van der Waals surface area contributed by atoms with Crippen molar-refractivity contribution in [3.05, 3.63) is 29.8 Å². The van der Waals surface area contributed by atoms with Crippen molar-refractivity contribution in [2.75, 3.05) is 12.3 Å². The molecule has 0 saturated carbocycles. The van der Waals surface area contributed by atoms with Crippen LogP contribution >= 0.6 is 0 Å². The van der Waals surface area contributed by atoms with Crippen LogP contribution in [0.15, 0.2) is 24.3 Å². The van der Waals surface area contributed by atoms with Crippen molar-refractivity contribution >= 4 is 35.3 Å². The molecule has 0 spiro atoms. The maximum absolute atomic E-state index is 12.2. The van der Waals surface area contributed by atoms with E-state index < -0.39 is 29.9 Å². The van der Waals surface area contributed by atoms with Crippen molar-refractivity contribution in [3.63, 3.8) is 0 Å². The minimum absolute atomic E-state index is 0.00510. The van der Waals surface area contributed by atoms with E-state index in [0.717, 1.165) is 0 Å². The number of hydrogen-bond acceptors (Lipinski definition) is 6. The van der Waals surface area contributed by atoms with E-state index in [2.05, 4.69) is 16.0 Å². The molecule has 0 aliphatic carbocycles. The summed E-state index contributed by atoms with van der Waals surface area (Å²) in [6, 6.07) is 4.60. The fourth-order valence-corrected chi connectivity index (χ4v) is 3.18. The summed E-state index contributed by atoms with van der Waals surface area (Å²) in [7, 11) is 0. The highest BCUT2D eigenvalue weighted by Crippen LogP contribution is 2.07. The third-order valence-corrected chi connectivity index (χ3v) is 5.06. The molecule has 2 unspecified atom stereocenters. The molecule has 11 nitrogen and oxygen atoms in total. The first kappa shape index (κ1) is 28.4. The van der Waals surface area contributed by atoms with Crippen LogP contribution < -0.4 is 27.4 Å². The smallest absolute Gasteiger partial charge is 0.326 e. The summed E-state index contributed by atoms with van der Waals surface area (Å²) in [5.41, 5.74) is 12.0. The van der Waals surface area contributed by atoms with Crippen LogP contribution in [-0.2, 0) is 19.2 Å². The van der Waals surface area contributed by atoms with E-state index in [-0.39, 0.29) is 37.5 Å². The Morgan fingerprint density at radius 1 is 0.882 bits per heavy atom. The summed E-state index contributed by atoms with van der Waals surface area (Å²) >= 11 is 0. The fraction of sp³-hybridized carbons (Fsp3) is 0.522. The minimum Gasteiger partial charge on any atom is -0.480 e. The number of hydrogen-bond donors (Lipinski definition) is 6. The zero-order valence-electron chi connectivity index (χ0n) is 19.5. The summed E-state index contributed by atoms with van der Waals surface area (Å²) in [5, 5.41) is 17.0. The monoisotopic (exact) mass is 477 g/mol. The number of anilines is 1. The van der Waals surface area contributed by atoms with Crippen LogP contribution in [0.5, 0.6) is 0 Å². The van der Waals surface area contributed by atoms with Gasteiger partial charge in [-0.05, 0) is 62.8 Å². The lowest BCUT2D eigenvalue weighted by Crippen LogP contribution is -2.44. The number of amides is 4. The Kier molecular flexibility index (Phi) is 12.7. The molecule has 11 heteroatoms. The molecule has 0 aliphatic rings. The van der Waals surface area contributed by atoms with Gasteiger partial charge in [-0.3, -0.25) is 19.2 Å². The first-order chi connectivity index (χ1) is 16.1. The number of rotatable bonds is 16. The normalized spacial score (nSPS) is 12.3. The van der Waals surface area contributed by atoms with E-state index in [9.17, 15) is 29.1 Å². The Balaban J connectivity index is 2.34. The number of unbranched alkanes of at least 4 members (excludes halogenated alkanes) is 1. The molecule has 2 atom stereocenters. The molecule has 1 aromatic rings. The van der Waals surface area contributed by atoms with Crippen molar-refractivity contribution in [2.45, 2.75) is 70.4 Å². The molecule has 188 valence electrons. The first-order valence-corrected chi connectivity index (χ1v) is 11.4. The third-order valence-electron chi connectivity index (χ3n) is 5.06. The second kappa shape index (κ2) is 15.3. The van der Waals surface area contributed by atoms with Gasteiger partial charge in [0.05, 0.1) is 0 Å². The Labute approximate surface area is 199 Å². The van der Waals surface area contributed by atoms with Gasteiger partial charge in [0.25, 0.3) is 5.91 Å². The van der Waals surface area contributed by atoms with Crippen molar-refractivity contribution in [1.82, 2.24) is 16.0 Å². The van der Waals surface area contributed by atoms with Gasteiger partial charge >= 0.3 is 5.97 Å². The summed E-state index contributed by atoms with van der Waals surface area (Å²) in [6.45, 7) is 2.20. The highest BCUT2D eigenvalue weighted by atomic mass is 16.4. The van der Waals surface area contributed by atoms with Gasteiger partial charge in [0.2, 0.25) is 17.7 Å². The van der Waals surface area contributed by atoms with Gasteiger partial charge in [-0.2, -0.15) is 0 Å². The van der Waals surface area contributed by atoms with Crippen LogP contribution in [0.2, 0.25) is 0 Å². The molecular weight excluding hydrogens is 442 g/mol. The lowest BCUT2D eigenvalue weighted by Gasteiger charge is -2.17. The van der Waals surface area contributed by atoms with Gasteiger partial charge in [-0.1, -0.05) is 6.92 Å². The number of carbonyl (C=O) groups is 5. The lowest BCUT2D eigenvalue weighted by atomic mass is 10.1. The molecule has 1 rings (SSSR count). The van der Waals surface area contributed by atoms with E-state index in [1.807, 2.05) is 6.92 Å². The molecule has 0 radical (unpaired) electrons. The topological polar surface area (TPSA) is 194 Å². The number of nitrogen functional groups attached to an aromatic ring is 1. The predicted octanol–water partition coefficient (Wildman–Crippen LogP) is 0.679. The fourth-order valence-electron chi connectivity index (χ4n) is 3.18. The van der Waals surface area contributed by atoms with Crippen molar-refractivity contribution in [2.24, 2.45) is 5.73 Å². The lowest BCUT2D eigenvalue weighted by molar-refractivity contribution is -0.142. The van der Waals surface area contributed by atoms with Crippen LogP contribution in [0.1, 0.15) is 68.6 Å². The number of primary amides is 1. The predicted molar refractivity (Wildman–Crippen MR) is 126 cm³/mol. The largest absolute Gasteiger partial charge is 0.480 e. The maximum atomic E-state index is 12.2. The number of nitrogens with two attached hydrogens (primary N) is 2. The first-order valence-electron chi connectivity index (χ1n) is 11.4. The highest BCUT2D eigenvalue weighted by Gasteiger charge is 2.21. The summed E-state index contributed by atoms with van der Waals surface area (Å²) in [6.07, 6.45) is 2.57. The van der Waals surface area contributed by atoms with Crippen LogP contribution in [-0.4, -0.2) is 53.3 Å². The van der Waals surface area contributed by atoms with E-state index in [4.69, 9.17) is 11.5 Å². The van der Waals surface area contributed by atoms with Crippen LogP contribution in [0, 0.1) is 0 Å². The highest BCUT2D eigenvalue weighted by molar-refractivity contribution is 5.94. The Hall–Kier alpha value is -3.63. The maximum Gasteiger partial charge on any atom is 0.326 e. The van der Waals surface area contributed by atoms with Crippen molar-refractivity contribution < 1.29 is 29.1 Å². The van der Waals surface area contributed by atoms with E-state index in [1.54, 1.807) is 24.3 Å². The molecule has 34 heavy (non-hydrogen) atoms. The quantitative estimate of drug-likeness (QED) is 0.149. The summed E-state index contributed by atoms with van der Waals surface area (Å²) < 4.78 is 0. The molecule has 0 bridgehead atoms. The SMILES string of the molecule is CCCC(=O)NC(CCCC(=O)NC(CCCCNC(=O)c1ccc(N)cc1)C(N)=O)C(=O)O. The number of carboxylic acid groups (broad SMARTS) is 1. The number of benzene rings is 1. The van der Waals surface area contributed by atoms with Gasteiger partial charge in [0, 0.05) is 30.6 Å². The van der Waals surface area contributed by atoms with Gasteiger partial charge in [0.15, 0.2) is 0 Å². The van der Waals surface area contributed by atoms with Crippen molar-refractivity contribution in [1.29, 1.82) is 0 Å². The molecule has 0 aromatic heterocycles. The molecule has 1 aromatic carbocycles. The van der Waals surface area contributed by atoms with Crippen LogP contribution in [0.3, 0.4) is 0 Å². The van der Waals surface area contributed by atoms with Gasteiger partial charge < -0.3 is 32.5 Å². The standard InChI is InChI=1S/C23H35N5O6/c1-2-6-19(29)28-18(23(33)34)8-5-9-20(30)27-17(21(25)31)7-3-4-14-26-22(32)15-10-12-16(24)13-11-15/h10-13,17-18H,2-9,14,24H2,1H3,(H2,25,31)(H,26,32)(H,27,30)(H,28,29)(H,33,34). The Morgan fingerprint density at radius 3 is 2.06 bits per heavy atom. The molecule has 4 amide bonds. The number of nitrogens with one attached hydrogen (secondary N) is 3. The van der Waals surface area contributed by atoms with Gasteiger partial charge in [-0.25, -0.2) is 4.79 Å².